The van der Waals surface area contributed by atoms with E-state index in [9.17, 15) is 0 Å². The van der Waals surface area contributed by atoms with E-state index in [2.05, 4.69) is 31.1 Å². The zero-order chi connectivity index (χ0) is 11.7. The Morgan fingerprint density at radius 3 is 2.50 bits per heavy atom. The Morgan fingerprint density at radius 1 is 1.25 bits per heavy atom. The van der Waals surface area contributed by atoms with Gasteiger partial charge in [0.2, 0.25) is 0 Å². The van der Waals surface area contributed by atoms with Crippen LogP contribution >= 0.6 is 0 Å². The summed E-state index contributed by atoms with van der Waals surface area (Å²) in [7, 11) is 1.94. The van der Waals surface area contributed by atoms with E-state index < -0.39 is 0 Å². The first-order valence-electron chi connectivity index (χ1n) is 5.43. The lowest BCUT2D eigenvalue weighted by molar-refractivity contribution is 0.712. The second-order valence-corrected chi connectivity index (χ2v) is 4.06. The first-order valence-corrected chi connectivity index (χ1v) is 5.43. The Labute approximate surface area is 95.9 Å². The Bertz CT molecular complexity index is 512. The maximum absolute atomic E-state index is 5.72. The minimum Gasteiger partial charge on any atom is -0.325 e. The molecule has 2 aromatic rings. The molecule has 0 atom stereocenters. The molecule has 0 saturated heterocycles. The third-order valence-corrected chi connectivity index (χ3v) is 3.02. The number of aromatic nitrogens is 2. The Balaban J connectivity index is 2.62. The number of nitrogens with two attached hydrogens (primary N) is 1. The van der Waals surface area contributed by atoms with Crippen LogP contribution < -0.4 is 5.73 Å². The second-order valence-electron chi connectivity index (χ2n) is 4.06. The number of hydrogen-bond acceptors (Lipinski definition) is 2. The monoisotopic (exact) mass is 215 g/mol. The molecule has 16 heavy (non-hydrogen) atoms. The standard InChI is InChI=1S/C13H17N3/c1-9-6-4-5-7-11(9)13-10(2)12(8-14)16(3)15-13/h4-7H,8,14H2,1-3H3. The SMILES string of the molecule is Cc1ccccc1-c1nn(C)c(CN)c1C. The van der Waals surface area contributed by atoms with Crippen LogP contribution in [0.1, 0.15) is 16.8 Å². The van der Waals surface area contributed by atoms with Crippen molar-refractivity contribution in [3.8, 4) is 11.3 Å². The molecule has 3 nitrogen and oxygen atoms in total. The maximum Gasteiger partial charge on any atom is 0.0958 e. The van der Waals surface area contributed by atoms with Gasteiger partial charge in [-0.3, -0.25) is 4.68 Å². The molecule has 1 heterocycles. The summed E-state index contributed by atoms with van der Waals surface area (Å²) in [5.74, 6) is 0. The van der Waals surface area contributed by atoms with Crippen LogP contribution in [0.2, 0.25) is 0 Å². The van der Waals surface area contributed by atoms with Crippen molar-refractivity contribution in [3.05, 3.63) is 41.1 Å². The summed E-state index contributed by atoms with van der Waals surface area (Å²) in [4.78, 5) is 0. The molecule has 0 bridgehead atoms. The summed E-state index contributed by atoms with van der Waals surface area (Å²) in [6.45, 7) is 4.71. The molecule has 0 radical (unpaired) electrons. The van der Waals surface area contributed by atoms with Gasteiger partial charge in [-0.2, -0.15) is 5.10 Å². The lowest BCUT2D eigenvalue weighted by atomic mass is 10.0. The van der Waals surface area contributed by atoms with Crippen LogP contribution in [0, 0.1) is 13.8 Å². The van der Waals surface area contributed by atoms with Crippen LogP contribution in [0.25, 0.3) is 11.3 Å². The smallest absolute Gasteiger partial charge is 0.0958 e. The van der Waals surface area contributed by atoms with E-state index in [1.165, 1.54) is 16.7 Å². The van der Waals surface area contributed by atoms with Gasteiger partial charge in [0.15, 0.2) is 0 Å². The van der Waals surface area contributed by atoms with E-state index in [-0.39, 0.29) is 0 Å². The van der Waals surface area contributed by atoms with E-state index in [0.29, 0.717) is 6.54 Å². The van der Waals surface area contributed by atoms with Crippen LogP contribution in [-0.2, 0) is 13.6 Å². The number of hydrogen-bond donors (Lipinski definition) is 1. The average molecular weight is 215 g/mol. The molecule has 0 unspecified atom stereocenters. The third-order valence-electron chi connectivity index (χ3n) is 3.02. The van der Waals surface area contributed by atoms with Crippen molar-refractivity contribution in [2.45, 2.75) is 20.4 Å². The predicted molar refractivity (Wildman–Crippen MR) is 66.0 cm³/mol. The number of aryl methyl sites for hydroxylation is 2. The molecule has 0 amide bonds. The maximum atomic E-state index is 5.72. The minimum absolute atomic E-state index is 0.529. The van der Waals surface area contributed by atoms with Gasteiger partial charge in [-0.1, -0.05) is 24.3 Å². The first kappa shape index (κ1) is 10.9. The second kappa shape index (κ2) is 4.10. The molecule has 84 valence electrons. The fourth-order valence-electron chi connectivity index (χ4n) is 2.04. The number of benzene rings is 1. The van der Waals surface area contributed by atoms with Crippen molar-refractivity contribution < 1.29 is 0 Å². The Kier molecular flexibility index (Phi) is 2.79. The summed E-state index contributed by atoms with van der Waals surface area (Å²) in [6.07, 6.45) is 0. The van der Waals surface area contributed by atoms with Crippen molar-refractivity contribution in [1.82, 2.24) is 9.78 Å². The van der Waals surface area contributed by atoms with Crippen molar-refractivity contribution in [3.63, 3.8) is 0 Å². The van der Waals surface area contributed by atoms with E-state index in [1.54, 1.807) is 0 Å². The van der Waals surface area contributed by atoms with Gasteiger partial charge >= 0.3 is 0 Å². The third kappa shape index (κ3) is 1.63. The van der Waals surface area contributed by atoms with Gasteiger partial charge in [-0.15, -0.1) is 0 Å². The molecular weight excluding hydrogens is 198 g/mol. The van der Waals surface area contributed by atoms with E-state index in [0.717, 1.165) is 11.4 Å². The highest BCUT2D eigenvalue weighted by atomic mass is 15.3. The van der Waals surface area contributed by atoms with Gasteiger partial charge in [-0.25, -0.2) is 0 Å². The van der Waals surface area contributed by atoms with Gasteiger partial charge in [-0.05, 0) is 25.0 Å². The van der Waals surface area contributed by atoms with E-state index in [1.807, 2.05) is 23.9 Å². The molecule has 0 fully saturated rings. The van der Waals surface area contributed by atoms with Crippen molar-refractivity contribution >= 4 is 0 Å². The first-order chi connectivity index (χ1) is 7.65. The number of nitrogens with zero attached hydrogens (tertiary/aromatic N) is 2. The highest BCUT2D eigenvalue weighted by Crippen LogP contribution is 2.26. The molecule has 0 saturated carbocycles. The molecule has 3 heteroatoms. The topological polar surface area (TPSA) is 43.8 Å². The summed E-state index contributed by atoms with van der Waals surface area (Å²) >= 11 is 0. The summed E-state index contributed by atoms with van der Waals surface area (Å²) in [5, 5.41) is 4.55. The lowest BCUT2D eigenvalue weighted by Crippen LogP contribution is -2.05. The zero-order valence-corrected chi connectivity index (χ0v) is 9.99. The Hall–Kier alpha value is -1.61. The molecule has 0 spiro atoms. The molecule has 1 aromatic heterocycles. The minimum atomic E-state index is 0.529. The normalized spacial score (nSPS) is 10.8. The van der Waals surface area contributed by atoms with Gasteiger partial charge in [0.1, 0.15) is 0 Å². The van der Waals surface area contributed by atoms with Crippen molar-refractivity contribution in [2.75, 3.05) is 0 Å². The van der Waals surface area contributed by atoms with Gasteiger partial charge < -0.3 is 5.73 Å². The van der Waals surface area contributed by atoms with Crippen molar-refractivity contribution in [1.29, 1.82) is 0 Å². The highest BCUT2D eigenvalue weighted by Gasteiger charge is 2.13. The molecular formula is C13H17N3. The molecule has 0 aliphatic rings. The van der Waals surface area contributed by atoms with E-state index >= 15 is 0 Å². The molecule has 0 aliphatic carbocycles. The highest BCUT2D eigenvalue weighted by molar-refractivity contribution is 5.67. The van der Waals surface area contributed by atoms with Gasteiger partial charge in [0.05, 0.1) is 11.4 Å². The van der Waals surface area contributed by atoms with Crippen molar-refractivity contribution in [2.24, 2.45) is 12.8 Å². The summed E-state index contributed by atoms with van der Waals surface area (Å²) < 4.78 is 1.87. The van der Waals surface area contributed by atoms with Gasteiger partial charge in [0.25, 0.3) is 0 Å². The largest absolute Gasteiger partial charge is 0.325 e. The summed E-state index contributed by atoms with van der Waals surface area (Å²) in [6, 6.07) is 8.29. The number of rotatable bonds is 2. The van der Waals surface area contributed by atoms with Crippen LogP contribution in [0.15, 0.2) is 24.3 Å². The average Bonchev–Trinajstić information content (AvgIpc) is 2.55. The fourth-order valence-corrected chi connectivity index (χ4v) is 2.04. The van der Waals surface area contributed by atoms with Gasteiger partial charge in [0, 0.05) is 19.2 Å². The predicted octanol–water partition coefficient (Wildman–Crippen LogP) is 2.16. The van der Waals surface area contributed by atoms with E-state index in [4.69, 9.17) is 5.73 Å². The van der Waals surface area contributed by atoms with Crippen LogP contribution in [0.4, 0.5) is 0 Å². The van der Waals surface area contributed by atoms with Crippen LogP contribution in [0.5, 0.6) is 0 Å². The molecule has 2 rings (SSSR count). The molecule has 0 aliphatic heterocycles. The Morgan fingerprint density at radius 2 is 1.94 bits per heavy atom. The van der Waals surface area contributed by atoms with Crippen LogP contribution in [-0.4, -0.2) is 9.78 Å². The lowest BCUT2D eigenvalue weighted by Gasteiger charge is -2.02. The zero-order valence-electron chi connectivity index (χ0n) is 9.99. The summed E-state index contributed by atoms with van der Waals surface area (Å²) in [5.41, 5.74) is 11.5. The molecule has 2 N–H and O–H groups in total. The van der Waals surface area contributed by atoms with Crippen LogP contribution in [0.3, 0.4) is 0 Å². The quantitative estimate of drug-likeness (QED) is 0.834. The molecule has 1 aromatic carbocycles. The fraction of sp³-hybridized carbons (Fsp3) is 0.308.